The normalized spacial score (nSPS) is 11.0. The summed E-state index contributed by atoms with van der Waals surface area (Å²) in [5, 5.41) is 3.29. The molecule has 0 spiro atoms. The Kier molecular flexibility index (Phi) is 6.76. The molecule has 0 aliphatic heterocycles. The molecular weight excluding hydrogens is 378 g/mol. The summed E-state index contributed by atoms with van der Waals surface area (Å²) < 4.78 is 27.9. The second-order valence-electron chi connectivity index (χ2n) is 5.60. The Morgan fingerprint density at radius 3 is 2.46 bits per heavy atom. The molecule has 6 nitrogen and oxygen atoms in total. The number of hydrogen-bond donors (Lipinski definition) is 1. The van der Waals surface area contributed by atoms with Gasteiger partial charge in [-0.1, -0.05) is 29.8 Å². The summed E-state index contributed by atoms with van der Waals surface area (Å²) in [5.41, 5.74) is 1.09. The Morgan fingerprint density at radius 2 is 1.81 bits per heavy atom. The zero-order valence-electron chi connectivity index (χ0n) is 14.1. The molecule has 2 aromatic carbocycles. The fraction of sp³-hybridized carbons (Fsp3) is 0.222. The lowest BCUT2D eigenvalue weighted by Gasteiger charge is -2.07. The number of ether oxygens (including phenoxy) is 1. The molecule has 2 rings (SSSR count). The van der Waals surface area contributed by atoms with Gasteiger partial charge in [-0.05, 0) is 42.3 Å². The third-order valence-electron chi connectivity index (χ3n) is 3.48. The zero-order valence-corrected chi connectivity index (χ0v) is 15.6. The van der Waals surface area contributed by atoms with Crippen LogP contribution in [0.1, 0.15) is 15.9 Å². The van der Waals surface area contributed by atoms with Crippen molar-refractivity contribution in [3.05, 3.63) is 64.7 Å². The van der Waals surface area contributed by atoms with Crippen molar-refractivity contribution < 1.29 is 22.7 Å². The van der Waals surface area contributed by atoms with E-state index in [1.807, 2.05) is 12.1 Å². The molecule has 0 saturated carbocycles. The summed E-state index contributed by atoms with van der Waals surface area (Å²) in [6, 6.07) is 12.7. The Hall–Kier alpha value is -2.38. The van der Waals surface area contributed by atoms with Crippen LogP contribution in [0.3, 0.4) is 0 Å². The maximum absolute atomic E-state index is 11.9. The summed E-state index contributed by atoms with van der Waals surface area (Å²) in [6.07, 6.45) is 1.67. The second-order valence-corrected chi connectivity index (χ2v) is 8.05. The number of amides is 1. The van der Waals surface area contributed by atoms with E-state index < -0.39 is 28.3 Å². The fourth-order valence-corrected chi connectivity index (χ4v) is 2.91. The van der Waals surface area contributed by atoms with E-state index in [9.17, 15) is 18.0 Å². The van der Waals surface area contributed by atoms with Gasteiger partial charge in [0.1, 0.15) is 0 Å². The molecule has 26 heavy (non-hydrogen) atoms. The van der Waals surface area contributed by atoms with Crippen LogP contribution in [0.15, 0.2) is 53.4 Å². The van der Waals surface area contributed by atoms with Crippen LogP contribution < -0.4 is 5.32 Å². The van der Waals surface area contributed by atoms with Crippen molar-refractivity contribution in [1.29, 1.82) is 0 Å². The Labute approximate surface area is 157 Å². The van der Waals surface area contributed by atoms with Crippen molar-refractivity contribution in [2.75, 3.05) is 19.4 Å². The molecule has 0 radical (unpaired) electrons. The number of rotatable bonds is 7. The molecule has 0 unspecified atom stereocenters. The van der Waals surface area contributed by atoms with Gasteiger partial charge in [0.15, 0.2) is 16.4 Å². The maximum Gasteiger partial charge on any atom is 0.338 e. The maximum atomic E-state index is 11.9. The second kappa shape index (κ2) is 8.82. The highest BCUT2D eigenvalue weighted by Crippen LogP contribution is 2.12. The summed E-state index contributed by atoms with van der Waals surface area (Å²) in [5.74, 6) is -1.20. The van der Waals surface area contributed by atoms with Crippen molar-refractivity contribution in [3.8, 4) is 0 Å². The van der Waals surface area contributed by atoms with Gasteiger partial charge in [0.25, 0.3) is 5.91 Å². The molecule has 0 aliphatic carbocycles. The van der Waals surface area contributed by atoms with Gasteiger partial charge in [0.05, 0.1) is 10.5 Å². The molecule has 1 amide bonds. The minimum Gasteiger partial charge on any atom is -0.452 e. The predicted molar refractivity (Wildman–Crippen MR) is 98.0 cm³/mol. The van der Waals surface area contributed by atoms with Gasteiger partial charge in [-0.25, -0.2) is 13.2 Å². The predicted octanol–water partition coefficient (Wildman–Crippen LogP) is 2.26. The van der Waals surface area contributed by atoms with Crippen molar-refractivity contribution in [1.82, 2.24) is 5.32 Å². The van der Waals surface area contributed by atoms with Crippen LogP contribution in [0.4, 0.5) is 0 Å². The fourth-order valence-electron chi connectivity index (χ4n) is 2.12. The van der Waals surface area contributed by atoms with Gasteiger partial charge >= 0.3 is 5.97 Å². The van der Waals surface area contributed by atoms with Crippen molar-refractivity contribution >= 4 is 33.3 Å². The van der Waals surface area contributed by atoms with Crippen LogP contribution in [-0.4, -0.2) is 39.7 Å². The highest BCUT2D eigenvalue weighted by atomic mass is 35.5. The van der Waals surface area contributed by atoms with E-state index >= 15 is 0 Å². The van der Waals surface area contributed by atoms with E-state index in [0.29, 0.717) is 18.0 Å². The monoisotopic (exact) mass is 395 g/mol. The molecule has 0 fully saturated rings. The minimum absolute atomic E-state index is 0.0133. The third kappa shape index (κ3) is 6.16. The van der Waals surface area contributed by atoms with E-state index in [-0.39, 0.29) is 10.5 Å². The van der Waals surface area contributed by atoms with Crippen LogP contribution in [0.2, 0.25) is 5.02 Å². The first-order valence-corrected chi connectivity index (χ1v) is 10.0. The first-order chi connectivity index (χ1) is 12.3. The molecule has 138 valence electrons. The summed E-state index contributed by atoms with van der Waals surface area (Å²) in [4.78, 5) is 23.7. The van der Waals surface area contributed by atoms with Crippen molar-refractivity contribution in [2.45, 2.75) is 11.3 Å². The molecule has 2 aromatic rings. The number of carbonyl (C=O) groups excluding carboxylic acids is 2. The molecule has 0 aliphatic rings. The van der Waals surface area contributed by atoms with Crippen LogP contribution in [0, 0.1) is 0 Å². The lowest BCUT2D eigenvalue weighted by atomic mass is 10.1. The molecular formula is C18H18ClNO5S. The molecule has 8 heteroatoms. The highest BCUT2D eigenvalue weighted by molar-refractivity contribution is 7.90. The zero-order chi connectivity index (χ0) is 19.2. The summed E-state index contributed by atoms with van der Waals surface area (Å²) in [7, 11) is -3.43. The SMILES string of the molecule is CS(=O)(=O)c1cccc(C(=O)OCC(=O)NCCc2ccc(Cl)cc2)c1. The molecule has 0 saturated heterocycles. The average molecular weight is 396 g/mol. The first-order valence-electron chi connectivity index (χ1n) is 7.74. The number of sulfone groups is 1. The number of halogens is 1. The quantitative estimate of drug-likeness (QED) is 0.726. The van der Waals surface area contributed by atoms with E-state index in [4.69, 9.17) is 16.3 Å². The summed E-state index contributed by atoms with van der Waals surface area (Å²) in [6.45, 7) is -0.0515. The van der Waals surface area contributed by atoms with E-state index in [2.05, 4.69) is 5.32 Å². The van der Waals surface area contributed by atoms with Crippen molar-refractivity contribution in [2.24, 2.45) is 0 Å². The third-order valence-corrected chi connectivity index (χ3v) is 4.84. The Balaban J connectivity index is 1.80. The van der Waals surface area contributed by atoms with E-state index in [0.717, 1.165) is 11.8 Å². The molecule has 0 heterocycles. The minimum atomic E-state index is -3.43. The van der Waals surface area contributed by atoms with Crippen LogP contribution in [-0.2, 0) is 25.8 Å². The molecule has 1 N–H and O–H groups in total. The largest absolute Gasteiger partial charge is 0.452 e. The first kappa shape index (κ1) is 19.9. The lowest BCUT2D eigenvalue weighted by molar-refractivity contribution is -0.124. The number of hydrogen-bond acceptors (Lipinski definition) is 5. The van der Waals surface area contributed by atoms with Crippen LogP contribution >= 0.6 is 11.6 Å². The van der Waals surface area contributed by atoms with Gasteiger partial charge in [-0.3, -0.25) is 4.79 Å². The smallest absolute Gasteiger partial charge is 0.338 e. The lowest BCUT2D eigenvalue weighted by Crippen LogP contribution is -2.30. The Morgan fingerprint density at radius 1 is 1.12 bits per heavy atom. The highest BCUT2D eigenvalue weighted by Gasteiger charge is 2.14. The van der Waals surface area contributed by atoms with Gasteiger partial charge in [-0.2, -0.15) is 0 Å². The molecule has 0 aromatic heterocycles. The van der Waals surface area contributed by atoms with Gasteiger partial charge in [-0.15, -0.1) is 0 Å². The number of nitrogens with one attached hydrogen (secondary N) is 1. The topological polar surface area (TPSA) is 89.5 Å². The van der Waals surface area contributed by atoms with Gasteiger partial charge in [0, 0.05) is 17.8 Å². The van der Waals surface area contributed by atoms with Gasteiger partial charge in [0.2, 0.25) is 0 Å². The number of carbonyl (C=O) groups is 2. The average Bonchev–Trinajstić information content (AvgIpc) is 2.61. The number of esters is 1. The van der Waals surface area contributed by atoms with Gasteiger partial charge < -0.3 is 10.1 Å². The molecule has 0 bridgehead atoms. The van der Waals surface area contributed by atoms with Crippen molar-refractivity contribution in [3.63, 3.8) is 0 Å². The van der Waals surface area contributed by atoms with E-state index in [1.165, 1.54) is 24.3 Å². The molecule has 0 atom stereocenters. The van der Waals surface area contributed by atoms with Crippen LogP contribution in [0.5, 0.6) is 0 Å². The van der Waals surface area contributed by atoms with Crippen LogP contribution in [0.25, 0.3) is 0 Å². The Bertz CT molecular complexity index is 894. The van der Waals surface area contributed by atoms with E-state index in [1.54, 1.807) is 12.1 Å². The summed E-state index contributed by atoms with van der Waals surface area (Å²) >= 11 is 5.80. The standard InChI is InChI=1S/C18H18ClNO5S/c1-26(23,24)16-4-2-3-14(11-16)18(22)25-12-17(21)20-10-9-13-5-7-15(19)8-6-13/h2-8,11H,9-10,12H2,1H3,(H,20,21). The number of benzene rings is 2.